The molecule has 0 spiro atoms. The molecule has 106 valence electrons. The molecule has 2 nitrogen and oxygen atoms in total. The molecule has 1 aliphatic rings. The standard InChI is InChI=1S/C19H19NO/c1-13-4-6-19-16(9-13)11-17(21-19)12-20-8-7-15-5-3-14(2)10-18(15)20/h3-10,17H,11-12H2,1-2H3. The van der Waals surface area contributed by atoms with Crippen LogP contribution in [0.3, 0.4) is 0 Å². The number of rotatable bonds is 2. The smallest absolute Gasteiger partial charge is 0.123 e. The van der Waals surface area contributed by atoms with E-state index in [4.69, 9.17) is 4.74 Å². The summed E-state index contributed by atoms with van der Waals surface area (Å²) >= 11 is 0. The second-order valence-electron chi connectivity index (χ2n) is 6.09. The molecule has 0 N–H and O–H groups in total. The van der Waals surface area contributed by atoms with Crippen molar-refractivity contribution >= 4 is 10.9 Å². The first-order valence-corrected chi connectivity index (χ1v) is 7.51. The highest BCUT2D eigenvalue weighted by atomic mass is 16.5. The third-order valence-corrected chi connectivity index (χ3v) is 4.29. The highest BCUT2D eigenvalue weighted by molar-refractivity contribution is 5.80. The zero-order valence-corrected chi connectivity index (χ0v) is 12.5. The van der Waals surface area contributed by atoms with E-state index in [1.807, 2.05) is 0 Å². The molecule has 0 fully saturated rings. The van der Waals surface area contributed by atoms with E-state index >= 15 is 0 Å². The maximum Gasteiger partial charge on any atom is 0.123 e. The number of fused-ring (bicyclic) bond motifs is 2. The summed E-state index contributed by atoms with van der Waals surface area (Å²) in [4.78, 5) is 0. The topological polar surface area (TPSA) is 14.2 Å². The van der Waals surface area contributed by atoms with Crippen LogP contribution in [0.5, 0.6) is 5.75 Å². The third kappa shape index (κ3) is 2.21. The fourth-order valence-electron chi connectivity index (χ4n) is 3.22. The lowest BCUT2D eigenvalue weighted by atomic mass is 10.1. The Labute approximate surface area is 125 Å². The van der Waals surface area contributed by atoms with Crippen LogP contribution in [0.2, 0.25) is 0 Å². The minimum atomic E-state index is 0.234. The van der Waals surface area contributed by atoms with Gasteiger partial charge in [-0.3, -0.25) is 0 Å². The number of nitrogens with zero attached hydrogens (tertiary/aromatic N) is 1. The van der Waals surface area contributed by atoms with Crippen molar-refractivity contribution in [3.63, 3.8) is 0 Å². The number of aryl methyl sites for hydroxylation is 2. The molecule has 3 aromatic rings. The van der Waals surface area contributed by atoms with Gasteiger partial charge in [-0.05, 0) is 48.6 Å². The molecule has 0 amide bonds. The summed E-state index contributed by atoms with van der Waals surface area (Å²) in [7, 11) is 0. The molecule has 0 aliphatic carbocycles. The van der Waals surface area contributed by atoms with Gasteiger partial charge >= 0.3 is 0 Å². The van der Waals surface area contributed by atoms with Crippen molar-refractivity contribution in [2.45, 2.75) is 32.9 Å². The Hall–Kier alpha value is -2.22. The van der Waals surface area contributed by atoms with E-state index in [9.17, 15) is 0 Å². The van der Waals surface area contributed by atoms with Crippen molar-refractivity contribution in [3.05, 3.63) is 65.4 Å². The summed E-state index contributed by atoms with van der Waals surface area (Å²) in [5.41, 5.74) is 5.24. The summed E-state index contributed by atoms with van der Waals surface area (Å²) in [5, 5.41) is 1.30. The molecular weight excluding hydrogens is 258 g/mol. The highest BCUT2D eigenvalue weighted by Crippen LogP contribution is 2.30. The Morgan fingerprint density at radius 1 is 1.05 bits per heavy atom. The molecule has 2 heteroatoms. The van der Waals surface area contributed by atoms with Crippen molar-refractivity contribution in [3.8, 4) is 5.75 Å². The van der Waals surface area contributed by atoms with Gasteiger partial charge in [0.05, 0.1) is 6.54 Å². The predicted molar refractivity (Wildman–Crippen MR) is 86.0 cm³/mol. The van der Waals surface area contributed by atoms with E-state index in [0.29, 0.717) is 0 Å². The third-order valence-electron chi connectivity index (χ3n) is 4.29. The molecule has 1 aliphatic heterocycles. The molecular formula is C19H19NO. The van der Waals surface area contributed by atoms with Crippen molar-refractivity contribution in [1.82, 2.24) is 4.57 Å². The average Bonchev–Trinajstić information content (AvgIpc) is 3.02. The summed E-state index contributed by atoms with van der Waals surface area (Å²) in [6, 6.07) is 15.3. The molecule has 1 unspecified atom stereocenters. The fourth-order valence-corrected chi connectivity index (χ4v) is 3.22. The van der Waals surface area contributed by atoms with Crippen LogP contribution in [-0.2, 0) is 13.0 Å². The van der Waals surface area contributed by atoms with Crippen LogP contribution in [0.25, 0.3) is 10.9 Å². The number of benzene rings is 2. The van der Waals surface area contributed by atoms with Crippen LogP contribution in [0.15, 0.2) is 48.7 Å². The van der Waals surface area contributed by atoms with Crippen molar-refractivity contribution in [2.24, 2.45) is 0 Å². The molecule has 4 rings (SSSR count). The molecule has 21 heavy (non-hydrogen) atoms. The fraction of sp³-hybridized carbons (Fsp3) is 0.263. The molecule has 2 heterocycles. The lowest BCUT2D eigenvalue weighted by Crippen LogP contribution is -2.20. The Morgan fingerprint density at radius 3 is 2.76 bits per heavy atom. The van der Waals surface area contributed by atoms with Crippen LogP contribution in [0.1, 0.15) is 16.7 Å². The summed E-state index contributed by atoms with van der Waals surface area (Å²) in [5.74, 6) is 1.05. The van der Waals surface area contributed by atoms with E-state index in [-0.39, 0.29) is 6.10 Å². The van der Waals surface area contributed by atoms with E-state index < -0.39 is 0 Å². The van der Waals surface area contributed by atoms with E-state index in [0.717, 1.165) is 18.7 Å². The minimum Gasteiger partial charge on any atom is -0.488 e. The maximum absolute atomic E-state index is 6.09. The largest absolute Gasteiger partial charge is 0.488 e. The van der Waals surface area contributed by atoms with E-state index in [2.05, 4.69) is 67.1 Å². The summed E-state index contributed by atoms with van der Waals surface area (Å²) in [6.07, 6.45) is 3.41. The Bertz CT molecular complexity index is 816. The monoisotopic (exact) mass is 277 g/mol. The van der Waals surface area contributed by atoms with Gasteiger partial charge in [0.1, 0.15) is 11.9 Å². The van der Waals surface area contributed by atoms with Crippen LogP contribution in [-0.4, -0.2) is 10.7 Å². The predicted octanol–water partition coefficient (Wildman–Crippen LogP) is 4.26. The van der Waals surface area contributed by atoms with Crippen LogP contribution >= 0.6 is 0 Å². The second-order valence-corrected chi connectivity index (χ2v) is 6.09. The maximum atomic E-state index is 6.09. The van der Waals surface area contributed by atoms with Gasteiger partial charge in [0.25, 0.3) is 0 Å². The number of hydrogen-bond acceptors (Lipinski definition) is 1. The Balaban J connectivity index is 1.61. The first-order valence-electron chi connectivity index (χ1n) is 7.51. The molecule has 0 radical (unpaired) electrons. The minimum absolute atomic E-state index is 0.234. The van der Waals surface area contributed by atoms with Gasteiger partial charge in [-0.1, -0.05) is 29.8 Å². The SMILES string of the molecule is Cc1ccc2c(c1)CC(Cn1ccc3ccc(C)cc31)O2. The van der Waals surface area contributed by atoms with Crippen LogP contribution in [0, 0.1) is 13.8 Å². The zero-order chi connectivity index (χ0) is 14.4. The Morgan fingerprint density at radius 2 is 1.86 bits per heavy atom. The summed E-state index contributed by atoms with van der Waals surface area (Å²) < 4.78 is 8.40. The number of aromatic nitrogens is 1. The van der Waals surface area contributed by atoms with Crippen LogP contribution < -0.4 is 4.74 Å². The van der Waals surface area contributed by atoms with Gasteiger partial charge in [-0.25, -0.2) is 0 Å². The molecule has 1 aromatic heterocycles. The highest BCUT2D eigenvalue weighted by Gasteiger charge is 2.23. The molecule has 2 aromatic carbocycles. The Kier molecular flexibility index (Phi) is 2.78. The second kappa shape index (κ2) is 4.66. The van der Waals surface area contributed by atoms with Crippen molar-refractivity contribution in [2.75, 3.05) is 0 Å². The van der Waals surface area contributed by atoms with Crippen molar-refractivity contribution < 1.29 is 4.74 Å². The lowest BCUT2D eigenvalue weighted by Gasteiger charge is -2.13. The average molecular weight is 277 g/mol. The molecule has 0 saturated carbocycles. The van der Waals surface area contributed by atoms with E-state index in [1.165, 1.54) is 27.6 Å². The first-order chi connectivity index (χ1) is 10.2. The van der Waals surface area contributed by atoms with E-state index in [1.54, 1.807) is 0 Å². The quantitative estimate of drug-likeness (QED) is 0.682. The lowest BCUT2D eigenvalue weighted by molar-refractivity contribution is 0.211. The molecule has 0 saturated heterocycles. The number of hydrogen-bond donors (Lipinski definition) is 0. The van der Waals surface area contributed by atoms with Gasteiger partial charge in [0, 0.05) is 18.1 Å². The van der Waals surface area contributed by atoms with Gasteiger partial charge in [0.15, 0.2) is 0 Å². The van der Waals surface area contributed by atoms with Gasteiger partial charge in [-0.15, -0.1) is 0 Å². The van der Waals surface area contributed by atoms with Crippen LogP contribution in [0.4, 0.5) is 0 Å². The molecule has 0 bridgehead atoms. The van der Waals surface area contributed by atoms with Gasteiger partial charge in [0.2, 0.25) is 0 Å². The first kappa shape index (κ1) is 12.5. The normalized spacial score (nSPS) is 17.0. The molecule has 1 atom stereocenters. The van der Waals surface area contributed by atoms with Gasteiger partial charge in [-0.2, -0.15) is 0 Å². The zero-order valence-electron chi connectivity index (χ0n) is 12.5. The summed E-state index contributed by atoms with van der Waals surface area (Å²) in [6.45, 7) is 5.18. The van der Waals surface area contributed by atoms with Gasteiger partial charge < -0.3 is 9.30 Å². The number of ether oxygens (including phenoxy) is 1. The van der Waals surface area contributed by atoms with Crippen molar-refractivity contribution in [1.29, 1.82) is 0 Å².